The van der Waals surface area contributed by atoms with E-state index in [1.807, 2.05) is 0 Å². The SMILES string of the molecule is CC(=O)N1[C@@H]2C[C@H]3C4C2[C@H](C[C@H]4N(C(C)=O)N3C(C)=O)N1C(C)=O. The van der Waals surface area contributed by atoms with Crippen molar-refractivity contribution in [3.8, 4) is 0 Å². The molecule has 0 aromatic heterocycles. The molecule has 0 aromatic rings. The Labute approximate surface area is 140 Å². The van der Waals surface area contributed by atoms with E-state index in [2.05, 4.69) is 0 Å². The minimum atomic E-state index is -0.140. The maximum Gasteiger partial charge on any atom is 0.238 e. The summed E-state index contributed by atoms with van der Waals surface area (Å²) in [6.07, 6.45) is 1.24. The third-order valence-corrected chi connectivity index (χ3v) is 6.20. The Morgan fingerprint density at radius 3 is 0.917 bits per heavy atom. The number of hydrogen-bond donors (Lipinski definition) is 0. The summed E-state index contributed by atoms with van der Waals surface area (Å²) in [5.41, 5.74) is 0. The molecule has 4 fully saturated rings. The van der Waals surface area contributed by atoms with E-state index in [0.717, 1.165) is 0 Å². The van der Waals surface area contributed by atoms with Gasteiger partial charge in [0, 0.05) is 39.5 Å². The second kappa shape index (κ2) is 4.70. The van der Waals surface area contributed by atoms with Gasteiger partial charge in [0.15, 0.2) is 0 Å². The first kappa shape index (κ1) is 15.4. The van der Waals surface area contributed by atoms with E-state index in [0.29, 0.717) is 12.8 Å². The Morgan fingerprint density at radius 2 is 0.750 bits per heavy atom. The smallest absolute Gasteiger partial charge is 0.238 e. The number of hydrogen-bond acceptors (Lipinski definition) is 4. The highest BCUT2D eigenvalue weighted by Gasteiger charge is 2.71. The summed E-state index contributed by atoms with van der Waals surface area (Å²) >= 11 is 0. The molecule has 130 valence electrons. The molecular formula is C16H22N4O4. The van der Waals surface area contributed by atoms with Crippen molar-refractivity contribution in [3.63, 3.8) is 0 Å². The fraction of sp³-hybridized carbons (Fsp3) is 0.750. The van der Waals surface area contributed by atoms with Gasteiger partial charge in [-0.1, -0.05) is 0 Å². The van der Waals surface area contributed by atoms with E-state index in [1.54, 1.807) is 20.0 Å². The summed E-state index contributed by atoms with van der Waals surface area (Å²) in [6, 6.07) is -0.251. The van der Waals surface area contributed by atoms with E-state index in [4.69, 9.17) is 0 Å². The average molecular weight is 334 g/mol. The van der Waals surface area contributed by atoms with Crippen LogP contribution >= 0.6 is 0 Å². The van der Waals surface area contributed by atoms with Crippen LogP contribution in [0, 0.1) is 11.8 Å². The van der Waals surface area contributed by atoms with Crippen molar-refractivity contribution in [1.82, 2.24) is 20.0 Å². The Bertz CT molecular complexity index is 556. The largest absolute Gasteiger partial charge is 0.273 e. The second-order valence-electron chi connectivity index (χ2n) is 7.35. The zero-order valence-electron chi connectivity index (χ0n) is 14.3. The van der Waals surface area contributed by atoms with Crippen molar-refractivity contribution in [3.05, 3.63) is 0 Å². The van der Waals surface area contributed by atoms with Gasteiger partial charge in [-0.2, -0.15) is 0 Å². The summed E-state index contributed by atoms with van der Waals surface area (Å²) < 4.78 is 0. The van der Waals surface area contributed by atoms with Crippen molar-refractivity contribution < 1.29 is 19.2 Å². The molecule has 2 saturated carbocycles. The van der Waals surface area contributed by atoms with Gasteiger partial charge in [0.25, 0.3) is 0 Å². The number of amides is 4. The van der Waals surface area contributed by atoms with Gasteiger partial charge in [0.2, 0.25) is 23.6 Å². The van der Waals surface area contributed by atoms with Gasteiger partial charge in [0.1, 0.15) is 0 Å². The van der Waals surface area contributed by atoms with Crippen LogP contribution in [0.25, 0.3) is 0 Å². The van der Waals surface area contributed by atoms with Crippen LogP contribution in [-0.2, 0) is 19.2 Å². The van der Waals surface area contributed by atoms with Gasteiger partial charge in [-0.05, 0) is 12.8 Å². The molecule has 8 nitrogen and oxygen atoms in total. The molecule has 0 N–H and O–H groups in total. The normalized spacial score (nSPS) is 38.8. The van der Waals surface area contributed by atoms with Gasteiger partial charge in [0.05, 0.1) is 24.2 Å². The minimum absolute atomic E-state index is 0.0626. The second-order valence-corrected chi connectivity index (χ2v) is 7.35. The lowest BCUT2D eigenvalue weighted by Gasteiger charge is -2.38. The van der Waals surface area contributed by atoms with E-state index in [1.165, 1.54) is 27.7 Å². The van der Waals surface area contributed by atoms with Gasteiger partial charge < -0.3 is 0 Å². The molecule has 0 aromatic carbocycles. The van der Waals surface area contributed by atoms with E-state index < -0.39 is 0 Å². The Balaban J connectivity index is 1.77. The Hall–Kier alpha value is -2.12. The van der Waals surface area contributed by atoms with E-state index in [9.17, 15) is 19.2 Å². The third kappa shape index (κ3) is 1.63. The predicted octanol–water partition coefficient (Wildman–Crippen LogP) is -0.248. The van der Waals surface area contributed by atoms with Crippen LogP contribution in [0.5, 0.6) is 0 Å². The van der Waals surface area contributed by atoms with Gasteiger partial charge in [-0.15, -0.1) is 0 Å². The zero-order chi connectivity index (χ0) is 17.5. The first-order valence-corrected chi connectivity index (χ1v) is 8.44. The summed E-state index contributed by atoms with van der Waals surface area (Å²) in [5, 5.41) is 6.40. The molecule has 0 bridgehead atoms. The Morgan fingerprint density at radius 1 is 0.542 bits per heavy atom. The highest BCUT2D eigenvalue weighted by atomic mass is 16.2. The van der Waals surface area contributed by atoms with Gasteiger partial charge in [-0.25, -0.2) is 20.0 Å². The molecule has 2 aliphatic heterocycles. The topological polar surface area (TPSA) is 81.2 Å². The van der Waals surface area contributed by atoms with Crippen molar-refractivity contribution in [2.24, 2.45) is 11.8 Å². The summed E-state index contributed by atoms with van der Waals surface area (Å²) in [6.45, 7) is 5.92. The lowest BCUT2D eigenvalue weighted by atomic mass is 9.93. The molecule has 2 heterocycles. The van der Waals surface area contributed by atoms with Crippen molar-refractivity contribution in [2.45, 2.75) is 64.7 Å². The quantitative estimate of drug-likeness (QED) is 0.612. The minimum Gasteiger partial charge on any atom is -0.273 e. The molecular weight excluding hydrogens is 312 g/mol. The highest BCUT2D eigenvalue weighted by molar-refractivity contribution is 5.83. The molecule has 2 aliphatic carbocycles. The predicted molar refractivity (Wildman–Crippen MR) is 81.4 cm³/mol. The van der Waals surface area contributed by atoms with Crippen LogP contribution in [-0.4, -0.2) is 67.8 Å². The molecule has 6 atom stereocenters. The van der Waals surface area contributed by atoms with Gasteiger partial charge >= 0.3 is 0 Å². The lowest BCUT2D eigenvalue weighted by molar-refractivity contribution is -0.169. The maximum atomic E-state index is 12.2. The van der Waals surface area contributed by atoms with Crippen LogP contribution < -0.4 is 0 Å². The molecule has 2 unspecified atom stereocenters. The monoisotopic (exact) mass is 334 g/mol. The molecule has 24 heavy (non-hydrogen) atoms. The lowest BCUT2D eigenvalue weighted by Crippen LogP contribution is -2.54. The molecule has 0 spiro atoms. The van der Waals surface area contributed by atoms with Gasteiger partial charge in [-0.3, -0.25) is 19.2 Å². The first-order chi connectivity index (χ1) is 11.3. The van der Waals surface area contributed by atoms with E-state index in [-0.39, 0.29) is 59.6 Å². The van der Waals surface area contributed by atoms with Crippen molar-refractivity contribution in [2.75, 3.05) is 0 Å². The maximum absolute atomic E-state index is 12.2. The summed E-state index contributed by atoms with van der Waals surface area (Å²) in [7, 11) is 0. The van der Waals surface area contributed by atoms with E-state index >= 15 is 0 Å². The van der Waals surface area contributed by atoms with Crippen LogP contribution in [0.15, 0.2) is 0 Å². The molecule has 4 rings (SSSR count). The standard InChI is InChI=1S/C16H22N4O4/c1-7(21)17-11-5-13-16-14(20(10(4)24)19(13)9(3)23)6-12(15(11)16)18(17)8(2)22/h11-16H,5-6H2,1-4H3/t11-,12+,13+,14-,15?,16?. The van der Waals surface area contributed by atoms with Crippen LogP contribution in [0.3, 0.4) is 0 Å². The fourth-order valence-corrected chi connectivity index (χ4v) is 5.89. The number of rotatable bonds is 0. The number of carbonyl (C=O) groups excluding carboxylic acids is 4. The summed E-state index contributed by atoms with van der Waals surface area (Å²) in [5.74, 6) is -0.284. The average Bonchev–Trinajstić information content (AvgIpc) is 3.12. The molecule has 4 aliphatic rings. The molecule has 4 amide bonds. The third-order valence-electron chi connectivity index (χ3n) is 6.20. The van der Waals surface area contributed by atoms with Crippen molar-refractivity contribution in [1.29, 1.82) is 0 Å². The Kier molecular flexibility index (Phi) is 3.02. The molecule has 0 radical (unpaired) electrons. The molecule has 8 heteroatoms. The van der Waals surface area contributed by atoms with Crippen LogP contribution in [0.4, 0.5) is 0 Å². The number of hydrazine groups is 2. The van der Waals surface area contributed by atoms with Crippen molar-refractivity contribution >= 4 is 23.6 Å². The highest BCUT2D eigenvalue weighted by Crippen LogP contribution is 2.59. The number of carbonyl (C=O) groups is 4. The first-order valence-electron chi connectivity index (χ1n) is 8.44. The van der Waals surface area contributed by atoms with Crippen LogP contribution in [0.2, 0.25) is 0 Å². The summed E-state index contributed by atoms with van der Waals surface area (Å²) in [4.78, 5) is 48.6. The molecule has 2 saturated heterocycles. The fourth-order valence-electron chi connectivity index (χ4n) is 5.89. The van der Waals surface area contributed by atoms with Crippen LogP contribution in [0.1, 0.15) is 40.5 Å². The number of nitrogens with zero attached hydrogens (tertiary/aromatic N) is 4. The zero-order valence-corrected chi connectivity index (χ0v) is 14.3.